The van der Waals surface area contributed by atoms with Gasteiger partial charge in [-0.15, -0.1) is 0 Å². The second-order valence-electron chi connectivity index (χ2n) is 6.91. The van der Waals surface area contributed by atoms with E-state index in [1.165, 1.54) is 0 Å². The van der Waals surface area contributed by atoms with Gasteiger partial charge in [0, 0.05) is 58.2 Å². The molecule has 0 aromatic carbocycles. The molecule has 0 radical (unpaired) electrons. The van der Waals surface area contributed by atoms with Crippen LogP contribution in [0.25, 0.3) is 0 Å². The van der Waals surface area contributed by atoms with E-state index in [0.29, 0.717) is 19.2 Å². The van der Waals surface area contributed by atoms with Crippen LogP contribution < -0.4 is 0 Å². The molecule has 1 amide bonds. The Balaban J connectivity index is 1.42. The molecule has 0 bridgehead atoms. The Bertz CT molecular complexity index is 513. The number of hydrogen-bond donors (Lipinski definition) is 0. The van der Waals surface area contributed by atoms with Crippen LogP contribution in [0, 0.1) is 0 Å². The van der Waals surface area contributed by atoms with Gasteiger partial charge >= 0.3 is 0 Å². The first-order valence-electron chi connectivity index (χ1n) is 8.90. The minimum Gasteiger partial charge on any atom is -0.366 e. The molecule has 2 fully saturated rings. The number of likely N-dealkylation sites (N-methyl/N-ethyl adjacent to an activating group) is 2. The van der Waals surface area contributed by atoms with E-state index in [1.807, 2.05) is 42.1 Å². The Morgan fingerprint density at radius 1 is 1.29 bits per heavy atom. The SMILES string of the molecule is CN1CCO[C@@H](C(=O)N(C)C2CCN(CCn3cccn3)CC2)C1. The first-order valence-corrected chi connectivity index (χ1v) is 8.90. The summed E-state index contributed by atoms with van der Waals surface area (Å²) in [6.45, 7) is 6.27. The van der Waals surface area contributed by atoms with Gasteiger partial charge in [-0.2, -0.15) is 5.10 Å². The van der Waals surface area contributed by atoms with Crippen LogP contribution in [0.3, 0.4) is 0 Å². The van der Waals surface area contributed by atoms with Crippen molar-refractivity contribution in [3.05, 3.63) is 18.5 Å². The van der Waals surface area contributed by atoms with Crippen LogP contribution >= 0.6 is 0 Å². The van der Waals surface area contributed by atoms with Gasteiger partial charge in [-0.05, 0) is 26.0 Å². The molecule has 0 saturated carbocycles. The fourth-order valence-corrected chi connectivity index (χ4v) is 3.54. The van der Waals surface area contributed by atoms with Gasteiger partial charge in [0.2, 0.25) is 0 Å². The van der Waals surface area contributed by atoms with Crippen LogP contribution in [-0.4, -0.2) is 96.0 Å². The predicted molar refractivity (Wildman–Crippen MR) is 91.7 cm³/mol. The van der Waals surface area contributed by atoms with Gasteiger partial charge in [0.15, 0.2) is 0 Å². The zero-order valence-corrected chi connectivity index (χ0v) is 14.8. The van der Waals surface area contributed by atoms with Gasteiger partial charge in [-0.25, -0.2) is 0 Å². The molecular weight excluding hydrogens is 306 g/mol. The van der Waals surface area contributed by atoms with Crippen LogP contribution in [0.4, 0.5) is 0 Å². The summed E-state index contributed by atoms with van der Waals surface area (Å²) in [5.74, 6) is 0.136. The van der Waals surface area contributed by atoms with Gasteiger partial charge in [0.25, 0.3) is 5.91 Å². The van der Waals surface area contributed by atoms with Crippen molar-refractivity contribution >= 4 is 5.91 Å². The monoisotopic (exact) mass is 335 g/mol. The summed E-state index contributed by atoms with van der Waals surface area (Å²) in [6, 6.07) is 2.28. The Morgan fingerprint density at radius 2 is 2.08 bits per heavy atom. The van der Waals surface area contributed by atoms with E-state index < -0.39 is 0 Å². The maximum atomic E-state index is 12.7. The maximum Gasteiger partial charge on any atom is 0.253 e. The molecule has 3 heterocycles. The van der Waals surface area contributed by atoms with Crippen molar-refractivity contribution in [2.75, 3.05) is 53.4 Å². The fraction of sp³-hybridized carbons (Fsp3) is 0.765. The summed E-state index contributed by atoms with van der Waals surface area (Å²) >= 11 is 0. The first kappa shape index (κ1) is 17.4. The van der Waals surface area contributed by atoms with Crippen LogP contribution in [0.5, 0.6) is 0 Å². The maximum absolute atomic E-state index is 12.7. The Kier molecular flexibility index (Phi) is 5.86. The van der Waals surface area contributed by atoms with E-state index >= 15 is 0 Å². The van der Waals surface area contributed by atoms with Crippen molar-refractivity contribution < 1.29 is 9.53 Å². The molecule has 24 heavy (non-hydrogen) atoms. The lowest BCUT2D eigenvalue weighted by Gasteiger charge is -2.39. The van der Waals surface area contributed by atoms with Crippen LogP contribution in [-0.2, 0) is 16.1 Å². The highest BCUT2D eigenvalue weighted by Crippen LogP contribution is 2.17. The minimum atomic E-state index is -0.299. The smallest absolute Gasteiger partial charge is 0.253 e. The molecule has 2 saturated heterocycles. The molecule has 3 rings (SSSR count). The van der Waals surface area contributed by atoms with Crippen molar-refractivity contribution in [1.82, 2.24) is 24.5 Å². The summed E-state index contributed by atoms with van der Waals surface area (Å²) in [5.41, 5.74) is 0. The number of likely N-dealkylation sites (tertiary alicyclic amines) is 1. The van der Waals surface area contributed by atoms with E-state index in [1.54, 1.807) is 0 Å². The Labute approximate surface area is 144 Å². The highest BCUT2D eigenvalue weighted by molar-refractivity contribution is 5.81. The first-order chi connectivity index (χ1) is 11.6. The second-order valence-corrected chi connectivity index (χ2v) is 6.91. The predicted octanol–water partition coefficient (Wildman–Crippen LogP) is 0.137. The van der Waals surface area contributed by atoms with Crippen molar-refractivity contribution in [3.63, 3.8) is 0 Å². The number of amides is 1. The molecule has 2 aliphatic rings. The molecule has 2 aliphatic heterocycles. The summed E-state index contributed by atoms with van der Waals surface area (Å²) in [7, 11) is 3.98. The quantitative estimate of drug-likeness (QED) is 0.766. The van der Waals surface area contributed by atoms with Crippen molar-refractivity contribution in [2.24, 2.45) is 0 Å². The summed E-state index contributed by atoms with van der Waals surface area (Å²) in [5, 5.41) is 4.24. The van der Waals surface area contributed by atoms with E-state index in [-0.39, 0.29) is 12.0 Å². The molecule has 0 unspecified atom stereocenters. The molecule has 0 spiro atoms. The lowest BCUT2D eigenvalue weighted by atomic mass is 10.0. The molecule has 0 N–H and O–H groups in total. The Hall–Kier alpha value is -1.44. The van der Waals surface area contributed by atoms with Gasteiger partial charge in [-0.1, -0.05) is 0 Å². The highest BCUT2D eigenvalue weighted by Gasteiger charge is 2.32. The summed E-state index contributed by atoms with van der Waals surface area (Å²) < 4.78 is 7.64. The third-order valence-corrected chi connectivity index (χ3v) is 5.20. The summed E-state index contributed by atoms with van der Waals surface area (Å²) in [4.78, 5) is 19.2. The number of ether oxygens (including phenoxy) is 1. The number of carbonyl (C=O) groups excluding carboxylic acids is 1. The average Bonchev–Trinajstić information content (AvgIpc) is 3.13. The average molecular weight is 335 g/mol. The Morgan fingerprint density at radius 3 is 2.75 bits per heavy atom. The third kappa shape index (κ3) is 4.34. The van der Waals surface area contributed by atoms with E-state index in [4.69, 9.17) is 4.74 Å². The summed E-state index contributed by atoms with van der Waals surface area (Å²) in [6.07, 6.45) is 5.58. The number of carbonyl (C=O) groups is 1. The van der Waals surface area contributed by atoms with Crippen LogP contribution in [0.1, 0.15) is 12.8 Å². The molecule has 0 aliphatic carbocycles. The van der Waals surface area contributed by atoms with Crippen molar-refractivity contribution in [2.45, 2.75) is 31.5 Å². The molecule has 1 aromatic heterocycles. The third-order valence-electron chi connectivity index (χ3n) is 5.20. The van der Waals surface area contributed by atoms with Crippen LogP contribution in [0.2, 0.25) is 0 Å². The molecule has 7 nitrogen and oxygen atoms in total. The normalized spacial score (nSPS) is 24.2. The zero-order valence-electron chi connectivity index (χ0n) is 14.8. The van der Waals surface area contributed by atoms with Crippen LogP contribution in [0.15, 0.2) is 18.5 Å². The largest absolute Gasteiger partial charge is 0.366 e. The lowest BCUT2D eigenvalue weighted by Crippen LogP contribution is -2.53. The van der Waals surface area contributed by atoms with Gasteiger partial charge < -0.3 is 19.4 Å². The van der Waals surface area contributed by atoms with Gasteiger partial charge in [-0.3, -0.25) is 9.48 Å². The van der Waals surface area contributed by atoms with Gasteiger partial charge in [0.05, 0.1) is 13.2 Å². The second kappa shape index (κ2) is 8.09. The molecular formula is C17H29N5O2. The number of aromatic nitrogens is 2. The zero-order chi connectivity index (χ0) is 16.9. The van der Waals surface area contributed by atoms with E-state index in [2.05, 4.69) is 14.9 Å². The fourth-order valence-electron chi connectivity index (χ4n) is 3.54. The standard InChI is InChI=1S/C17H29N5O2/c1-19-12-13-24-16(14-19)17(23)20(2)15-4-8-21(9-5-15)10-11-22-7-3-6-18-22/h3,6-7,15-16H,4-5,8-14H2,1-2H3/t16-/m1/s1. The lowest BCUT2D eigenvalue weighted by molar-refractivity contribution is -0.150. The number of morpholine rings is 1. The van der Waals surface area contributed by atoms with E-state index in [0.717, 1.165) is 45.6 Å². The number of piperidine rings is 1. The molecule has 7 heteroatoms. The topological polar surface area (TPSA) is 53.8 Å². The number of rotatable bonds is 5. The van der Waals surface area contributed by atoms with Crippen molar-refractivity contribution in [1.29, 1.82) is 0 Å². The molecule has 1 atom stereocenters. The number of hydrogen-bond acceptors (Lipinski definition) is 5. The highest BCUT2D eigenvalue weighted by atomic mass is 16.5. The minimum absolute atomic E-state index is 0.136. The molecule has 134 valence electrons. The molecule has 1 aromatic rings. The van der Waals surface area contributed by atoms with Crippen molar-refractivity contribution in [3.8, 4) is 0 Å². The van der Waals surface area contributed by atoms with E-state index in [9.17, 15) is 4.79 Å². The van der Waals surface area contributed by atoms with Gasteiger partial charge in [0.1, 0.15) is 6.10 Å². The number of nitrogens with zero attached hydrogens (tertiary/aromatic N) is 5.